The van der Waals surface area contributed by atoms with Crippen LogP contribution in [0.2, 0.25) is 0 Å². The lowest BCUT2D eigenvalue weighted by Gasteiger charge is -2.13. The molecule has 1 fully saturated rings. The molecule has 0 radical (unpaired) electrons. The predicted octanol–water partition coefficient (Wildman–Crippen LogP) is 4.46. The summed E-state index contributed by atoms with van der Waals surface area (Å²) in [7, 11) is 1.41. The number of methoxy groups -OCH3 is 1. The van der Waals surface area contributed by atoms with Crippen molar-refractivity contribution < 1.29 is 24.2 Å². The van der Waals surface area contributed by atoms with Crippen molar-refractivity contribution in [3.05, 3.63) is 56.4 Å². The van der Waals surface area contributed by atoms with Gasteiger partial charge in [0.05, 0.1) is 12.0 Å². The average molecular weight is 491 g/mol. The molecule has 0 saturated carbocycles. The molecule has 30 heavy (non-hydrogen) atoms. The molecular formula is C21H19BrN2O5S. The van der Waals surface area contributed by atoms with Gasteiger partial charge in [-0.25, -0.2) is 0 Å². The van der Waals surface area contributed by atoms with E-state index >= 15 is 0 Å². The summed E-state index contributed by atoms with van der Waals surface area (Å²) in [5, 5.41) is 12.0. The summed E-state index contributed by atoms with van der Waals surface area (Å²) in [6.07, 6.45) is 1.51. The summed E-state index contributed by atoms with van der Waals surface area (Å²) in [6, 6.07) is 8.46. The maximum absolute atomic E-state index is 12.7. The molecule has 1 aliphatic heterocycles. The summed E-state index contributed by atoms with van der Waals surface area (Å²) in [4.78, 5) is 38.4. The molecule has 156 valence electrons. The van der Waals surface area contributed by atoms with E-state index < -0.39 is 17.1 Å². The third-order valence-electron chi connectivity index (χ3n) is 4.55. The van der Waals surface area contributed by atoms with Crippen molar-refractivity contribution in [3.8, 4) is 11.5 Å². The van der Waals surface area contributed by atoms with Crippen LogP contribution in [0.4, 0.5) is 10.5 Å². The number of aryl methyl sites for hydroxylation is 2. The first kappa shape index (κ1) is 21.9. The summed E-state index contributed by atoms with van der Waals surface area (Å²) in [6.45, 7) is 3.52. The van der Waals surface area contributed by atoms with Gasteiger partial charge in [0, 0.05) is 10.2 Å². The molecule has 1 saturated heterocycles. The summed E-state index contributed by atoms with van der Waals surface area (Å²) < 4.78 is 5.60. The third kappa shape index (κ3) is 4.68. The van der Waals surface area contributed by atoms with Crippen molar-refractivity contribution in [2.45, 2.75) is 13.8 Å². The normalized spacial score (nSPS) is 15.1. The number of ether oxygens (including phenoxy) is 1. The van der Waals surface area contributed by atoms with Crippen LogP contribution in [-0.2, 0) is 9.59 Å². The van der Waals surface area contributed by atoms with Crippen molar-refractivity contribution in [1.82, 2.24) is 4.90 Å². The summed E-state index contributed by atoms with van der Waals surface area (Å²) >= 11 is 4.06. The Bertz CT molecular complexity index is 1080. The minimum Gasteiger partial charge on any atom is -0.504 e. The fraction of sp³-hybridized carbons (Fsp3) is 0.190. The summed E-state index contributed by atoms with van der Waals surface area (Å²) in [5.41, 5.74) is 3.28. The molecular weight excluding hydrogens is 472 g/mol. The summed E-state index contributed by atoms with van der Waals surface area (Å²) in [5.74, 6) is -0.845. The van der Waals surface area contributed by atoms with Gasteiger partial charge in [0.25, 0.3) is 11.1 Å². The number of hydrogen-bond donors (Lipinski definition) is 2. The smallest absolute Gasteiger partial charge is 0.294 e. The minimum atomic E-state index is -0.556. The van der Waals surface area contributed by atoms with E-state index in [4.69, 9.17) is 4.74 Å². The standard InChI is InChI=1S/C21H19BrN2O5S/c1-11-4-5-14(6-12(11)2)23-19(26)10-24-20(27)18(30-21(24)28)8-13-7-17(29-3)16(25)9-15(13)22/h4-9,25H,10H2,1-3H3,(H,23,26)/b18-8+. The van der Waals surface area contributed by atoms with Gasteiger partial charge >= 0.3 is 0 Å². The molecule has 0 aromatic heterocycles. The lowest BCUT2D eigenvalue weighted by atomic mass is 10.1. The fourth-order valence-corrected chi connectivity index (χ4v) is 4.05. The number of imide groups is 1. The Hall–Kier alpha value is -2.78. The molecule has 2 aromatic rings. The van der Waals surface area contributed by atoms with Crippen molar-refractivity contribution >= 4 is 56.5 Å². The maximum atomic E-state index is 12.7. The highest BCUT2D eigenvalue weighted by molar-refractivity contribution is 9.10. The van der Waals surface area contributed by atoms with E-state index in [0.29, 0.717) is 15.7 Å². The molecule has 1 heterocycles. The van der Waals surface area contributed by atoms with Crippen molar-refractivity contribution in [1.29, 1.82) is 0 Å². The second-order valence-electron chi connectivity index (χ2n) is 6.66. The van der Waals surface area contributed by atoms with Crippen LogP contribution in [0.15, 0.2) is 39.7 Å². The number of nitrogens with one attached hydrogen (secondary N) is 1. The monoisotopic (exact) mass is 490 g/mol. The van der Waals surface area contributed by atoms with E-state index in [1.807, 2.05) is 26.0 Å². The molecule has 0 unspecified atom stereocenters. The molecule has 7 nitrogen and oxygen atoms in total. The quantitative estimate of drug-likeness (QED) is 0.600. The van der Waals surface area contributed by atoms with E-state index in [1.165, 1.54) is 19.3 Å². The first-order valence-electron chi connectivity index (χ1n) is 8.88. The van der Waals surface area contributed by atoms with Gasteiger partial charge in [-0.2, -0.15) is 0 Å². The van der Waals surface area contributed by atoms with Gasteiger partial charge < -0.3 is 15.2 Å². The van der Waals surface area contributed by atoms with Gasteiger partial charge in [-0.1, -0.05) is 22.0 Å². The Morgan fingerprint density at radius 3 is 2.63 bits per heavy atom. The van der Waals surface area contributed by atoms with Crippen LogP contribution in [0, 0.1) is 13.8 Å². The number of amides is 3. The maximum Gasteiger partial charge on any atom is 0.294 e. The van der Waals surface area contributed by atoms with Crippen LogP contribution in [0.25, 0.3) is 6.08 Å². The van der Waals surface area contributed by atoms with Gasteiger partial charge in [-0.05, 0) is 72.6 Å². The average Bonchev–Trinajstić information content (AvgIpc) is 2.94. The Labute approximate surface area is 186 Å². The van der Waals surface area contributed by atoms with Gasteiger partial charge in [0.1, 0.15) is 6.54 Å². The number of carbonyl (C=O) groups excluding carboxylic acids is 3. The fourth-order valence-electron chi connectivity index (χ4n) is 2.77. The first-order chi connectivity index (χ1) is 14.2. The van der Waals surface area contributed by atoms with E-state index in [9.17, 15) is 19.5 Å². The van der Waals surface area contributed by atoms with Crippen LogP contribution < -0.4 is 10.1 Å². The number of carbonyl (C=O) groups is 3. The number of hydrogen-bond acceptors (Lipinski definition) is 6. The Morgan fingerprint density at radius 2 is 1.97 bits per heavy atom. The van der Waals surface area contributed by atoms with Crippen LogP contribution in [0.5, 0.6) is 11.5 Å². The lowest BCUT2D eigenvalue weighted by molar-refractivity contribution is -0.127. The number of phenolic OH excluding ortho intramolecular Hbond substituents is 1. The number of halogens is 1. The molecule has 9 heteroatoms. The zero-order valence-corrected chi connectivity index (χ0v) is 18.9. The van der Waals surface area contributed by atoms with Gasteiger partial charge in [-0.3, -0.25) is 19.3 Å². The second-order valence-corrected chi connectivity index (χ2v) is 8.51. The van der Waals surface area contributed by atoms with E-state index in [2.05, 4.69) is 21.2 Å². The zero-order chi connectivity index (χ0) is 22.0. The molecule has 0 atom stereocenters. The van der Waals surface area contributed by atoms with Crippen LogP contribution >= 0.6 is 27.7 Å². The number of phenols is 1. The molecule has 3 rings (SSSR count). The molecule has 0 spiro atoms. The molecule has 3 amide bonds. The Morgan fingerprint density at radius 1 is 1.23 bits per heavy atom. The number of nitrogens with zero attached hydrogens (tertiary/aromatic N) is 1. The third-order valence-corrected chi connectivity index (χ3v) is 6.14. The Balaban J connectivity index is 1.75. The van der Waals surface area contributed by atoms with Crippen LogP contribution in [0.1, 0.15) is 16.7 Å². The topological polar surface area (TPSA) is 95.9 Å². The van der Waals surface area contributed by atoms with Crippen molar-refractivity contribution in [2.75, 3.05) is 19.0 Å². The highest BCUT2D eigenvalue weighted by Gasteiger charge is 2.36. The van der Waals surface area contributed by atoms with Gasteiger partial charge in [0.15, 0.2) is 11.5 Å². The highest BCUT2D eigenvalue weighted by atomic mass is 79.9. The van der Waals surface area contributed by atoms with Crippen LogP contribution in [-0.4, -0.2) is 40.7 Å². The number of rotatable bonds is 5. The van der Waals surface area contributed by atoms with Gasteiger partial charge in [-0.15, -0.1) is 0 Å². The minimum absolute atomic E-state index is 0.0577. The number of anilines is 1. The van der Waals surface area contributed by atoms with Crippen molar-refractivity contribution in [2.24, 2.45) is 0 Å². The first-order valence-corrected chi connectivity index (χ1v) is 10.5. The van der Waals surface area contributed by atoms with Crippen molar-refractivity contribution in [3.63, 3.8) is 0 Å². The van der Waals surface area contributed by atoms with Gasteiger partial charge in [0.2, 0.25) is 5.91 Å². The predicted molar refractivity (Wildman–Crippen MR) is 120 cm³/mol. The second kappa shape index (κ2) is 8.93. The zero-order valence-electron chi connectivity index (χ0n) is 16.5. The molecule has 2 N–H and O–H groups in total. The largest absolute Gasteiger partial charge is 0.504 e. The number of thioether (sulfide) groups is 1. The molecule has 2 aromatic carbocycles. The lowest BCUT2D eigenvalue weighted by Crippen LogP contribution is -2.36. The number of benzene rings is 2. The van der Waals surface area contributed by atoms with E-state index in [-0.39, 0.29) is 22.9 Å². The van der Waals surface area contributed by atoms with E-state index in [1.54, 1.807) is 12.1 Å². The molecule has 0 aliphatic carbocycles. The number of aromatic hydroxyl groups is 1. The molecule has 0 bridgehead atoms. The molecule has 1 aliphatic rings. The van der Waals surface area contributed by atoms with E-state index in [0.717, 1.165) is 27.8 Å². The van der Waals surface area contributed by atoms with Crippen LogP contribution in [0.3, 0.4) is 0 Å². The SMILES string of the molecule is COc1cc(/C=C2/SC(=O)N(CC(=O)Nc3ccc(C)c(C)c3)C2=O)c(Br)cc1O. The highest BCUT2D eigenvalue weighted by Crippen LogP contribution is 2.37. The Kier molecular flexibility index (Phi) is 6.52.